The number of fused-ring (bicyclic) bond motifs is 3. The van der Waals surface area contributed by atoms with Crippen molar-refractivity contribution in [1.29, 1.82) is 0 Å². The molecule has 34 heavy (non-hydrogen) atoms. The van der Waals surface area contributed by atoms with E-state index >= 15 is 0 Å². The van der Waals surface area contributed by atoms with Crippen LogP contribution >= 0.6 is 0 Å². The molecule has 0 saturated carbocycles. The van der Waals surface area contributed by atoms with Gasteiger partial charge >= 0.3 is 6.18 Å². The van der Waals surface area contributed by atoms with Crippen LogP contribution in [0.15, 0.2) is 30.6 Å². The predicted molar refractivity (Wildman–Crippen MR) is 118 cm³/mol. The van der Waals surface area contributed by atoms with Crippen molar-refractivity contribution < 1.29 is 18.0 Å². The maximum atomic E-state index is 13.3. The van der Waals surface area contributed by atoms with E-state index in [2.05, 4.69) is 25.3 Å². The molecule has 9 nitrogen and oxygen atoms in total. The van der Waals surface area contributed by atoms with Crippen molar-refractivity contribution in [3.05, 3.63) is 36.2 Å². The summed E-state index contributed by atoms with van der Waals surface area (Å²) in [4.78, 5) is 26.6. The van der Waals surface area contributed by atoms with Gasteiger partial charge in [0.2, 0.25) is 5.91 Å². The Morgan fingerprint density at radius 3 is 2.62 bits per heavy atom. The molecule has 0 unspecified atom stereocenters. The monoisotopic (exact) mass is 470 g/mol. The van der Waals surface area contributed by atoms with Gasteiger partial charge in [-0.1, -0.05) is 12.1 Å². The highest BCUT2D eigenvalue weighted by Crippen LogP contribution is 2.35. The lowest BCUT2D eigenvalue weighted by atomic mass is 10.0. The van der Waals surface area contributed by atoms with Crippen molar-refractivity contribution in [2.75, 3.05) is 18.8 Å². The van der Waals surface area contributed by atoms with Gasteiger partial charge in [0.1, 0.15) is 22.4 Å². The molecule has 0 spiro atoms. The van der Waals surface area contributed by atoms with Gasteiger partial charge in [0.15, 0.2) is 0 Å². The number of halogens is 3. The fourth-order valence-corrected chi connectivity index (χ4v) is 4.33. The fraction of sp³-hybridized carbons (Fsp3) is 0.364. The van der Waals surface area contributed by atoms with Crippen molar-refractivity contribution in [2.24, 2.45) is 0 Å². The molecular weight excluding hydrogens is 449 g/mol. The highest BCUT2D eigenvalue weighted by molar-refractivity contribution is 5.99. The van der Waals surface area contributed by atoms with Crippen molar-refractivity contribution in [1.82, 2.24) is 34.8 Å². The Kier molecular flexibility index (Phi) is 5.29. The van der Waals surface area contributed by atoms with Crippen LogP contribution in [0.3, 0.4) is 0 Å². The van der Waals surface area contributed by atoms with Crippen molar-refractivity contribution >= 4 is 33.8 Å². The maximum absolute atomic E-state index is 13.3. The molecule has 1 amide bonds. The highest BCUT2D eigenvalue weighted by Gasteiger charge is 2.34. The normalized spacial score (nSPS) is 15.4. The van der Waals surface area contributed by atoms with E-state index in [9.17, 15) is 18.0 Å². The number of pyridine rings is 3. The number of hydrogen-bond donors (Lipinski definition) is 1. The summed E-state index contributed by atoms with van der Waals surface area (Å²) in [6, 6.07) is 4.25. The number of alkyl halides is 3. The van der Waals surface area contributed by atoms with Gasteiger partial charge in [0, 0.05) is 31.3 Å². The molecule has 0 bridgehead atoms. The highest BCUT2D eigenvalue weighted by atomic mass is 19.4. The second-order valence-corrected chi connectivity index (χ2v) is 8.21. The molecule has 176 valence electrons. The van der Waals surface area contributed by atoms with Crippen LogP contribution < -0.4 is 5.73 Å². The number of rotatable bonds is 3. The van der Waals surface area contributed by atoms with E-state index in [1.807, 2.05) is 11.8 Å². The van der Waals surface area contributed by atoms with E-state index in [1.165, 1.54) is 6.20 Å². The number of anilines is 1. The molecule has 0 atom stereocenters. The number of nitrogen functional groups attached to an aromatic ring is 1. The number of amides is 1. The molecule has 1 saturated heterocycles. The lowest BCUT2D eigenvalue weighted by molar-refractivity contribution is -0.137. The van der Waals surface area contributed by atoms with E-state index in [0.29, 0.717) is 60.1 Å². The molecule has 12 heteroatoms. The van der Waals surface area contributed by atoms with Gasteiger partial charge in [-0.15, -0.1) is 5.10 Å². The third-order valence-corrected chi connectivity index (χ3v) is 6.13. The van der Waals surface area contributed by atoms with Crippen LogP contribution in [0, 0.1) is 0 Å². The molecule has 1 fully saturated rings. The molecule has 0 aromatic carbocycles. The standard InChI is InChI=1S/C22H21F3N8O/c1-2-18(34)32-7-5-13(6-8-32)33-20-17(30-31-33)11-27-16-4-3-15(29-19(16)20)12-9-14(22(23,24)25)21(26)28-10-12/h3-4,9-11,13H,2,5-8H2,1H3,(H2,26,28). The number of carbonyl (C=O) groups is 1. The van der Waals surface area contributed by atoms with Crippen LogP contribution in [0.5, 0.6) is 0 Å². The van der Waals surface area contributed by atoms with Gasteiger partial charge in [-0.25, -0.2) is 14.6 Å². The summed E-state index contributed by atoms with van der Waals surface area (Å²) in [6.07, 6.45) is 0.132. The summed E-state index contributed by atoms with van der Waals surface area (Å²) in [7, 11) is 0. The largest absolute Gasteiger partial charge is 0.419 e. The van der Waals surface area contributed by atoms with Crippen LogP contribution in [0.25, 0.3) is 33.3 Å². The van der Waals surface area contributed by atoms with Gasteiger partial charge in [0.05, 0.1) is 29.0 Å². The lowest BCUT2D eigenvalue weighted by Gasteiger charge is -2.32. The summed E-state index contributed by atoms with van der Waals surface area (Å²) < 4.78 is 41.8. The van der Waals surface area contributed by atoms with Gasteiger partial charge < -0.3 is 10.6 Å². The van der Waals surface area contributed by atoms with Crippen LogP contribution in [0.2, 0.25) is 0 Å². The first-order chi connectivity index (χ1) is 16.3. The average molecular weight is 470 g/mol. The summed E-state index contributed by atoms with van der Waals surface area (Å²) in [5, 5.41) is 8.55. The summed E-state index contributed by atoms with van der Waals surface area (Å²) in [6.45, 7) is 3.09. The molecule has 2 N–H and O–H groups in total. The van der Waals surface area contributed by atoms with E-state index in [0.717, 1.165) is 6.07 Å². The summed E-state index contributed by atoms with van der Waals surface area (Å²) in [5.74, 6) is -0.463. The molecule has 0 radical (unpaired) electrons. The number of aromatic nitrogens is 6. The zero-order valence-corrected chi connectivity index (χ0v) is 18.2. The molecule has 5 rings (SSSR count). The quantitative estimate of drug-likeness (QED) is 0.486. The Labute approximate surface area is 191 Å². The van der Waals surface area contributed by atoms with Crippen molar-refractivity contribution in [3.8, 4) is 11.3 Å². The number of hydrogen-bond acceptors (Lipinski definition) is 7. The van der Waals surface area contributed by atoms with Gasteiger partial charge in [-0.2, -0.15) is 13.2 Å². The SMILES string of the molecule is CCC(=O)N1CCC(n2nnc3cnc4ccc(-c5cnc(N)c(C(F)(F)F)c5)nc4c32)CC1. The average Bonchev–Trinajstić information content (AvgIpc) is 3.27. The Bertz CT molecular complexity index is 1390. The molecule has 1 aliphatic rings. The number of carbonyl (C=O) groups excluding carboxylic acids is 1. The van der Waals surface area contributed by atoms with Crippen LogP contribution in [0.4, 0.5) is 19.0 Å². The van der Waals surface area contributed by atoms with Crippen molar-refractivity contribution in [3.63, 3.8) is 0 Å². The third-order valence-electron chi connectivity index (χ3n) is 6.13. The molecular formula is C22H21F3N8O. The number of piperidine rings is 1. The zero-order chi connectivity index (χ0) is 24.0. The second kappa shape index (κ2) is 8.19. The van der Waals surface area contributed by atoms with Crippen LogP contribution in [-0.2, 0) is 11.0 Å². The Balaban J connectivity index is 1.57. The number of nitrogens with two attached hydrogens (primary N) is 1. The summed E-state index contributed by atoms with van der Waals surface area (Å²) >= 11 is 0. The first-order valence-electron chi connectivity index (χ1n) is 10.9. The van der Waals surface area contributed by atoms with E-state index in [1.54, 1.807) is 23.0 Å². The Morgan fingerprint density at radius 1 is 1.15 bits per heavy atom. The topological polar surface area (TPSA) is 116 Å². The first kappa shape index (κ1) is 22.0. The van der Waals surface area contributed by atoms with Crippen LogP contribution in [-0.4, -0.2) is 53.8 Å². The van der Waals surface area contributed by atoms with Crippen LogP contribution in [0.1, 0.15) is 37.8 Å². The fourth-order valence-electron chi connectivity index (χ4n) is 4.33. The Morgan fingerprint density at radius 2 is 1.91 bits per heavy atom. The molecule has 1 aliphatic heterocycles. The zero-order valence-electron chi connectivity index (χ0n) is 18.2. The number of likely N-dealkylation sites (tertiary alicyclic amines) is 1. The van der Waals surface area contributed by atoms with E-state index in [4.69, 9.17) is 5.73 Å². The second-order valence-electron chi connectivity index (χ2n) is 8.21. The summed E-state index contributed by atoms with van der Waals surface area (Å²) in [5.41, 5.74) is 7.16. The Hall–Kier alpha value is -3.83. The smallest absolute Gasteiger partial charge is 0.383 e. The molecule has 0 aliphatic carbocycles. The predicted octanol–water partition coefficient (Wildman–Crippen LogP) is 3.61. The van der Waals surface area contributed by atoms with E-state index < -0.39 is 17.6 Å². The lowest BCUT2D eigenvalue weighted by Crippen LogP contribution is -2.38. The minimum absolute atomic E-state index is 0.0111. The maximum Gasteiger partial charge on any atom is 0.419 e. The third kappa shape index (κ3) is 3.78. The molecule has 5 heterocycles. The first-order valence-corrected chi connectivity index (χ1v) is 10.9. The van der Waals surface area contributed by atoms with Gasteiger partial charge in [-0.3, -0.25) is 9.78 Å². The van der Waals surface area contributed by atoms with E-state index in [-0.39, 0.29) is 17.5 Å². The number of nitrogens with zero attached hydrogens (tertiary/aromatic N) is 7. The minimum atomic E-state index is -4.63. The van der Waals surface area contributed by atoms with Gasteiger partial charge in [0.25, 0.3) is 0 Å². The molecule has 4 aromatic heterocycles. The molecule has 4 aromatic rings. The minimum Gasteiger partial charge on any atom is -0.383 e. The van der Waals surface area contributed by atoms with Crippen molar-refractivity contribution in [2.45, 2.75) is 38.4 Å². The van der Waals surface area contributed by atoms with Gasteiger partial charge in [-0.05, 0) is 31.0 Å².